The maximum Gasteiger partial charge on any atom is 0.341 e. The van der Waals surface area contributed by atoms with Gasteiger partial charge in [-0.3, -0.25) is 28.8 Å². The summed E-state index contributed by atoms with van der Waals surface area (Å²) in [7, 11) is 1.37. The predicted molar refractivity (Wildman–Crippen MR) is 235 cm³/mol. The Morgan fingerprint density at radius 3 is 2.19 bits per heavy atom. The second-order valence-corrected chi connectivity index (χ2v) is 15.8. The van der Waals surface area contributed by atoms with Crippen LogP contribution in [0, 0.1) is 0 Å². The van der Waals surface area contributed by atoms with Gasteiger partial charge in [-0.1, -0.05) is 48.0 Å². The highest BCUT2D eigenvalue weighted by Crippen LogP contribution is 2.39. The number of hydrogen-bond acceptors (Lipinski definition) is 10. The van der Waals surface area contributed by atoms with Crippen LogP contribution in [0.2, 0.25) is 5.02 Å². The summed E-state index contributed by atoms with van der Waals surface area (Å²) in [6.45, 7) is 3.75. The maximum absolute atomic E-state index is 14.6. The summed E-state index contributed by atoms with van der Waals surface area (Å²) in [4.78, 5) is 94.9. The van der Waals surface area contributed by atoms with Crippen LogP contribution < -0.4 is 31.7 Å². The summed E-state index contributed by atoms with van der Waals surface area (Å²) in [5.41, 5.74) is 8.65. The van der Waals surface area contributed by atoms with Crippen molar-refractivity contribution in [2.24, 2.45) is 5.73 Å². The lowest BCUT2D eigenvalue weighted by Gasteiger charge is -2.32. The van der Waals surface area contributed by atoms with E-state index in [-0.39, 0.29) is 52.4 Å². The summed E-state index contributed by atoms with van der Waals surface area (Å²) < 4.78 is 5.63. The van der Waals surface area contributed by atoms with Crippen LogP contribution in [0.25, 0.3) is 22.3 Å². The van der Waals surface area contributed by atoms with E-state index < -0.39 is 72.3 Å². The van der Waals surface area contributed by atoms with Gasteiger partial charge < -0.3 is 46.9 Å². The molecule has 1 heterocycles. The van der Waals surface area contributed by atoms with Gasteiger partial charge in [0.1, 0.15) is 35.7 Å². The molecule has 0 radical (unpaired) electrons. The number of amides is 5. The van der Waals surface area contributed by atoms with Crippen molar-refractivity contribution in [3.05, 3.63) is 107 Å². The lowest BCUT2D eigenvalue weighted by molar-refractivity contribution is -0.141. The van der Waals surface area contributed by atoms with Crippen LogP contribution in [0.5, 0.6) is 11.5 Å². The van der Waals surface area contributed by atoms with Crippen LogP contribution in [-0.2, 0) is 35.2 Å². The van der Waals surface area contributed by atoms with Crippen LogP contribution >= 0.6 is 11.6 Å². The molecular weight excluding hydrogens is 832 g/mol. The van der Waals surface area contributed by atoms with Crippen molar-refractivity contribution in [3.8, 4) is 33.8 Å². The fraction of sp³-hybridized carbons (Fsp3) is 0.326. The van der Waals surface area contributed by atoms with Crippen LogP contribution in [-0.4, -0.2) is 101 Å². The van der Waals surface area contributed by atoms with E-state index in [2.05, 4.69) is 21.3 Å². The number of aromatic hydroxyl groups is 1. The van der Waals surface area contributed by atoms with Gasteiger partial charge in [-0.25, -0.2) is 4.79 Å². The number of phenols is 1. The van der Waals surface area contributed by atoms with Gasteiger partial charge in [0, 0.05) is 35.2 Å². The first-order chi connectivity index (χ1) is 30.0. The average molecular weight is 883 g/mol. The molecule has 0 spiro atoms. The van der Waals surface area contributed by atoms with E-state index >= 15 is 0 Å². The fourth-order valence-corrected chi connectivity index (χ4v) is 7.13. The van der Waals surface area contributed by atoms with Crippen molar-refractivity contribution in [1.29, 1.82) is 0 Å². The van der Waals surface area contributed by atoms with Gasteiger partial charge in [0.25, 0.3) is 5.91 Å². The Kier molecular flexibility index (Phi) is 16.0. The maximum atomic E-state index is 14.6. The molecule has 0 fully saturated rings. The summed E-state index contributed by atoms with van der Waals surface area (Å²) in [6.07, 6.45) is 1.01. The second-order valence-electron chi connectivity index (χ2n) is 15.4. The van der Waals surface area contributed by atoms with Crippen molar-refractivity contribution >= 4 is 52.9 Å². The highest BCUT2D eigenvalue weighted by Gasteiger charge is 2.36. The van der Waals surface area contributed by atoms with Gasteiger partial charge in [0.15, 0.2) is 12.4 Å². The Morgan fingerprint density at radius 1 is 0.889 bits per heavy atom. The highest BCUT2D eigenvalue weighted by atomic mass is 35.5. The van der Waals surface area contributed by atoms with Gasteiger partial charge in [0.2, 0.25) is 23.6 Å². The molecule has 1 aliphatic heterocycles. The van der Waals surface area contributed by atoms with Gasteiger partial charge in [-0.05, 0) is 117 Å². The van der Waals surface area contributed by atoms with Crippen molar-refractivity contribution in [2.75, 3.05) is 20.2 Å². The largest absolute Gasteiger partial charge is 0.507 e. The molecule has 0 aliphatic carbocycles. The highest BCUT2D eigenvalue weighted by molar-refractivity contribution is 6.30. The third-order valence-electron chi connectivity index (χ3n) is 10.7. The van der Waals surface area contributed by atoms with E-state index in [1.54, 1.807) is 36.4 Å². The van der Waals surface area contributed by atoms with E-state index in [4.69, 9.17) is 22.1 Å². The number of likely N-dealkylation sites (N-methyl/N-ethyl adjacent to an activating group) is 1. The Labute approximate surface area is 369 Å². The number of nitrogens with zero attached hydrogens (tertiary/aromatic N) is 1. The smallest absolute Gasteiger partial charge is 0.341 e. The van der Waals surface area contributed by atoms with Gasteiger partial charge in [-0.2, -0.15) is 0 Å². The van der Waals surface area contributed by atoms with E-state index in [9.17, 15) is 43.8 Å². The normalized spacial score (nSPS) is 17.1. The number of nitrogens with one attached hydrogen (secondary N) is 4. The quantitative estimate of drug-likeness (QED) is 0.0844. The molecule has 4 bridgehead atoms. The minimum Gasteiger partial charge on any atom is -0.507 e. The Morgan fingerprint density at radius 2 is 1.56 bits per heavy atom. The molecule has 1 aliphatic rings. The molecule has 8 N–H and O–H groups in total. The van der Waals surface area contributed by atoms with Crippen molar-refractivity contribution < 1.29 is 48.5 Å². The first-order valence-corrected chi connectivity index (χ1v) is 20.7. The minimum atomic E-state index is -1.49. The molecule has 4 aromatic carbocycles. The summed E-state index contributed by atoms with van der Waals surface area (Å²) in [5.74, 6) is -5.37. The molecule has 0 saturated carbocycles. The number of phenolic OH excluding ortho intramolecular Hbond substituents is 1. The Bertz CT molecular complexity index is 2360. The molecule has 0 aromatic heterocycles. The average Bonchev–Trinajstić information content (AvgIpc) is 3.25. The van der Waals surface area contributed by atoms with Crippen LogP contribution in [0.4, 0.5) is 0 Å². The summed E-state index contributed by atoms with van der Waals surface area (Å²) >= 11 is 6.05. The number of rotatable bonds is 15. The van der Waals surface area contributed by atoms with E-state index in [1.807, 2.05) is 12.1 Å². The van der Waals surface area contributed by atoms with Crippen LogP contribution in [0.1, 0.15) is 67.6 Å². The fourth-order valence-electron chi connectivity index (χ4n) is 7.01. The third-order valence-corrected chi connectivity index (χ3v) is 10.9. The number of nitrogens with two attached hydrogens (primary N) is 1. The standard InChI is InChI=1S/C46H51ClN6O10/c1-25(27(3)54)49-44(60)37-22-28-8-18-38(55)34(21-28)35-23-32(15-19-39(35)63-24-40(56)57)41(45(61)50-26(2)42(58)52-37)53(4)46(62)36(7-5-6-20-48)51-43(59)31-11-9-29(10-12-31)30-13-16-33(47)17-14-30/h8-19,21,23,25-26,36-37,41,55H,5-7,20,22,24,48H2,1-4H3,(H,49,60)(H,50,61)(H,51,59)(H,52,58)(H,56,57)/t25-,26-,36-,37-,41-/m0/s1. The number of halogens is 1. The summed E-state index contributed by atoms with van der Waals surface area (Å²) in [5, 5.41) is 32.0. The van der Waals surface area contributed by atoms with Crippen molar-refractivity contribution in [1.82, 2.24) is 26.2 Å². The van der Waals surface area contributed by atoms with Crippen LogP contribution in [0.3, 0.4) is 0 Å². The number of benzene rings is 4. The molecule has 5 amide bonds. The van der Waals surface area contributed by atoms with Crippen molar-refractivity contribution in [2.45, 2.75) is 76.7 Å². The van der Waals surface area contributed by atoms with Crippen LogP contribution in [0.15, 0.2) is 84.9 Å². The first kappa shape index (κ1) is 47.3. The third kappa shape index (κ3) is 12.2. The molecule has 5 rings (SSSR count). The molecule has 16 nitrogen and oxygen atoms in total. The number of carbonyl (C=O) groups is 7. The van der Waals surface area contributed by atoms with Gasteiger partial charge in [-0.15, -0.1) is 0 Å². The number of aliphatic carboxylic acids is 1. The molecule has 0 unspecified atom stereocenters. The zero-order chi connectivity index (χ0) is 46.0. The number of ketones is 1. The molecular formula is C46H51ClN6O10. The zero-order valence-corrected chi connectivity index (χ0v) is 36.0. The number of carbonyl (C=O) groups excluding carboxylic acids is 6. The number of Topliss-reactive ketones (excluding diaryl/α,β-unsaturated/α-hetero) is 1. The molecule has 332 valence electrons. The number of ether oxygens (including phenoxy) is 1. The van der Waals surface area contributed by atoms with E-state index in [0.29, 0.717) is 30.0 Å². The Hall–Kier alpha value is -6.78. The second kappa shape index (κ2) is 21.3. The predicted octanol–water partition coefficient (Wildman–Crippen LogP) is 3.91. The van der Waals surface area contributed by atoms with Gasteiger partial charge >= 0.3 is 5.97 Å². The molecule has 4 aromatic rings. The number of carboxylic acid groups (broad SMARTS) is 1. The first-order valence-electron chi connectivity index (χ1n) is 20.3. The van der Waals surface area contributed by atoms with Crippen molar-refractivity contribution in [3.63, 3.8) is 0 Å². The number of fused-ring (bicyclic) bond motifs is 5. The monoisotopic (exact) mass is 882 g/mol. The molecule has 5 atom stereocenters. The Balaban J connectivity index is 1.56. The molecule has 0 saturated heterocycles. The molecule has 17 heteroatoms. The SMILES string of the molecule is CC(=O)[C@H](C)NC(=O)[C@@H]1Cc2ccc(O)c(c2)-c2cc(ccc2OCC(=O)O)[C@H](N(C)C(=O)[C@H](CCCCN)NC(=O)c2ccc(-c3ccc(Cl)cc3)cc2)C(=O)N[C@@H](C)C(=O)N1. The number of hydrogen-bond donors (Lipinski definition) is 7. The topological polar surface area (TPSA) is 247 Å². The van der Waals surface area contributed by atoms with E-state index in [1.165, 1.54) is 64.2 Å². The lowest BCUT2D eigenvalue weighted by Crippen LogP contribution is -2.56. The minimum absolute atomic E-state index is 0.00841. The molecule has 63 heavy (non-hydrogen) atoms. The number of carboxylic acids is 1. The zero-order valence-electron chi connectivity index (χ0n) is 35.3. The van der Waals surface area contributed by atoms with Gasteiger partial charge in [0.05, 0.1) is 6.04 Å². The number of unbranched alkanes of at least 4 members (excludes halogenated alkanes) is 1. The summed E-state index contributed by atoms with van der Waals surface area (Å²) in [6, 6.07) is 16.6. The van der Waals surface area contributed by atoms with E-state index in [0.717, 1.165) is 16.0 Å². The lowest BCUT2D eigenvalue weighted by atomic mass is 9.93.